The summed E-state index contributed by atoms with van der Waals surface area (Å²) in [5.74, 6) is -0.602. The Bertz CT molecular complexity index is 1540. The van der Waals surface area contributed by atoms with E-state index in [1.165, 1.54) is 16.2 Å². The molecule has 4 aromatic rings. The van der Waals surface area contributed by atoms with Gasteiger partial charge in [0, 0.05) is 5.56 Å². The highest BCUT2D eigenvalue weighted by Crippen LogP contribution is 2.44. The van der Waals surface area contributed by atoms with Gasteiger partial charge >= 0.3 is 5.91 Å². The average Bonchev–Trinajstić information content (AvgIpc) is 3.41. The minimum Gasteiger partial charge on any atom is -0.507 e. The van der Waals surface area contributed by atoms with Crippen LogP contribution in [0.3, 0.4) is 0 Å². The Labute approximate surface area is 218 Å². The summed E-state index contributed by atoms with van der Waals surface area (Å²) in [5, 5.41) is 11.8. The predicted octanol–water partition coefficient (Wildman–Crippen LogP) is 6.03. The van der Waals surface area contributed by atoms with Gasteiger partial charge in [-0.25, -0.2) is 4.98 Å². The van der Waals surface area contributed by atoms with E-state index in [1.54, 1.807) is 55.6 Å². The lowest BCUT2D eigenvalue weighted by molar-refractivity contribution is -0.132. The van der Waals surface area contributed by atoms with Crippen LogP contribution in [0, 0.1) is 6.92 Å². The molecule has 1 atom stereocenters. The predicted molar refractivity (Wildman–Crippen MR) is 144 cm³/mol. The van der Waals surface area contributed by atoms with Crippen LogP contribution in [0.5, 0.6) is 11.5 Å². The lowest BCUT2D eigenvalue weighted by atomic mass is 9.95. The van der Waals surface area contributed by atoms with Gasteiger partial charge in [-0.15, -0.1) is 0 Å². The summed E-state index contributed by atoms with van der Waals surface area (Å²) in [6.45, 7) is 5.79. The quantitative estimate of drug-likeness (QED) is 0.192. The number of aryl methyl sites for hydroxylation is 1. The smallest absolute Gasteiger partial charge is 0.301 e. The summed E-state index contributed by atoms with van der Waals surface area (Å²) in [6.07, 6.45) is -0.0649. The first-order chi connectivity index (χ1) is 17.8. The van der Waals surface area contributed by atoms with E-state index in [4.69, 9.17) is 9.47 Å². The van der Waals surface area contributed by atoms with Crippen LogP contribution in [-0.4, -0.2) is 35.0 Å². The number of aromatic nitrogens is 1. The third-order valence-corrected chi connectivity index (χ3v) is 7.11. The number of aliphatic hydroxyl groups is 1. The van der Waals surface area contributed by atoms with Gasteiger partial charge in [0.2, 0.25) is 0 Å². The van der Waals surface area contributed by atoms with Crippen LogP contribution >= 0.6 is 11.3 Å². The maximum absolute atomic E-state index is 13.5. The van der Waals surface area contributed by atoms with Crippen molar-refractivity contribution in [3.63, 3.8) is 0 Å². The first-order valence-electron chi connectivity index (χ1n) is 11.9. The fraction of sp³-hybridized carbons (Fsp3) is 0.207. The highest BCUT2D eigenvalue weighted by molar-refractivity contribution is 7.22. The summed E-state index contributed by atoms with van der Waals surface area (Å²) in [6, 6.07) is 18.9. The number of aliphatic hydroxyl groups excluding tert-OH is 1. The largest absolute Gasteiger partial charge is 0.507 e. The van der Waals surface area contributed by atoms with Crippen LogP contribution in [0.1, 0.15) is 36.6 Å². The molecule has 0 saturated carbocycles. The Hall–Kier alpha value is -4.17. The van der Waals surface area contributed by atoms with Crippen LogP contribution < -0.4 is 14.4 Å². The van der Waals surface area contributed by atoms with Crippen LogP contribution in [-0.2, 0) is 9.59 Å². The molecule has 37 heavy (non-hydrogen) atoms. The van der Waals surface area contributed by atoms with E-state index in [0.717, 1.165) is 15.8 Å². The molecule has 5 rings (SSSR count). The van der Waals surface area contributed by atoms with E-state index in [9.17, 15) is 14.7 Å². The standard InChI is InChI=1S/C29H26N2O5S/c1-16(2)36-21-7-5-6-19(15-21)26(32)24-25(18-9-11-20(35-4)12-10-18)31(28(34)27(24)33)29-30-22-13-8-17(3)14-23(22)37-29/h5-16,25,32H,1-4H3/b26-24+. The summed E-state index contributed by atoms with van der Waals surface area (Å²) >= 11 is 1.33. The molecule has 7 nitrogen and oxygen atoms in total. The molecule has 1 unspecified atom stereocenters. The summed E-state index contributed by atoms with van der Waals surface area (Å²) < 4.78 is 12.0. The van der Waals surface area contributed by atoms with Gasteiger partial charge in [0.1, 0.15) is 17.3 Å². The average molecular weight is 515 g/mol. The van der Waals surface area contributed by atoms with Gasteiger partial charge in [-0.3, -0.25) is 14.5 Å². The van der Waals surface area contributed by atoms with E-state index < -0.39 is 17.7 Å². The van der Waals surface area contributed by atoms with Crippen molar-refractivity contribution in [2.45, 2.75) is 32.9 Å². The zero-order valence-corrected chi connectivity index (χ0v) is 21.7. The number of hydrogen-bond acceptors (Lipinski definition) is 7. The van der Waals surface area contributed by atoms with Gasteiger partial charge < -0.3 is 14.6 Å². The number of ether oxygens (including phenoxy) is 2. The Morgan fingerprint density at radius 1 is 1.03 bits per heavy atom. The lowest BCUT2D eigenvalue weighted by Gasteiger charge is -2.23. The minimum atomic E-state index is -0.873. The number of methoxy groups -OCH3 is 1. The van der Waals surface area contributed by atoms with E-state index in [2.05, 4.69) is 4.98 Å². The molecule has 0 bridgehead atoms. The number of carbonyl (C=O) groups is 2. The Morgan fingerprint density at radius 2 is 1.78 bits per heavy atom. The second kappa shape index (κ2) is 9.71. The number of benzene rings is 3. The number of amides is 1. The molecular formula is C29H26N2O5S. The van der Waals surface area contributed by atoms with Crippen molar-refractivity contribution in [1.82, 2.24) is 4.98 Å². The van der Waals surface area contributed by atoms with Crippen molar-refractivity contribution in [3.05, 3.63) is 89.0 Å². The molecular weight excluding hydrogens is 488 g/mol. The second-order valence-electron chi connectivity index (χ2n) is 9.10. The third-order valence-electron chi connectivity index (χ3n) is 6.09. The van der Waals surface area contributed by atoms with E-state index in [0.29, 0.717) is 27.8 Å². The molecule has 2 heterocycles. The first kappa shape index (κ1) is 24.5. The highest BCUT2D eigenvalue weighted by atomic mass is 32.1. The van der Waals surface area contributed by atoms with Gasteiger partial charge in [0.25, 0.3) is 5.78 Å². The van der Waals surface area contributed by atoms with Crippen molar-refractivity contribution in [1.29, 1.82) is 0 Å². The molecule has 1 amide bonds. The van der Waals surface area contributed by atoms with Gasteiger partial charge in [-0.05, 0) is 68.3 Å². The molecule has 8 heteroatoms. The SMILES string of the molecule is COc1ccc(C2/C(=C(\O)c3cccc(OC(C)C)c3)C(=O)C(=O)N2c2nc3ccc(C)cc3s2)cc1. The van der Waals surface area contributed by atoms with E-state index in [-0.39, 0.29) is 17.4 Å². The molecule has 0 spiro atoms. The summed E-state index contributed by atoms with van der Waals surface area (Å²) in [7, 11) is 1.57. The molecule has 1 aliphatic rings. The van der Waals surface area contributed by atoms with Crippen LogP contribution in [0.25, 0.3) is 16.0 Å². The van der Waals surface area contributed by atoms with E-state index >= 15 is 0 Å². The van der Waals surface area contributed by atoms with Crippen molar-refractivity contribution in [2.75, 3.05) is 12.0 Å². The molecule has 1 saturated heterocycles. The van der Waals surface area contributed by atoms with Crippen LogP contribution in [0.4, 0.5) is 5.13 Å². The molecule has 1 aliphatic heterocycles. The normalized spacial score (nSPS) is 17.1. The number of Topliss-reactive ketones (excluding diaryl/α,β-unsaturated/α-hetero) is 1. The number of fused-ring (bicyclic) bond motifs is 1. The topological polar surface area (TPSA) is 89.0 Å². The van der Waals surface area contributed by atoms with Gasteiger partial charge in [-0.2, -0.15) is 0 Å². The summed E-state index contributed by atoms with van der Waals surface area (Å²) in [5.41, 5.74) is 2.83. The maximum atomic E-state index is 13.5. The van der Waals surface area contributed by atoms with Gasteiger partial charge in [0.15, 0.2) is 5.13 Å². The molecule has 1 fully saturated rings. The highest BCUT2D eigenvalue weighted by Gasteiger charge is 2.48. The Balaban J connectivity index is 1.69. The summed E-state index contributed by atoms with van der Waals surface area (Å²) in [4.78, 5) is 33.0. The number of rotatable bonds is 6. The molecule has 0 radical (unpaired) electrons. The molecule has 1 N–H and O–H groups in total. The Morgan fingerprint density at radius 3 is 2.49 bits per heavy atom. The van der Waals surface area contributed by atoms with Crippen LogP contribution in [0.2, 0.25) is 0 Å². The zero-order valence-electron chi connectivity index (χ0n) is 20.9. The number of anilines is 1. The fourth-order valence-corrected chi connectivity index (χ4v) is 5.49. The first-order valence-corrected chi connectivity index (χ1v) is 12.7. The van der Waals surface area contributed by atoms with Crippen LogP contribution in [0.15, 0.2) is 72.3 Å². The number of nitrogens with zero attached hydrogens (tertiary/aromatic N) is 2. The molecule has 0 aliphatic carbocycles. The molecule has 3 aromatic carbocycles. The second-order valence-corrected chi connectivity index (χ2v) is 10.1. The third kappa shape index (κ3) is 4.56. The lowest BCUT2D eigenvalue weighted by Crippen LogP contribution is -2.29. The molecule has 188 valence electrons. The number of hydrogen-bond donors (Lipinski definition) is 1. The maximum Gasteiger partial charge on any atom is 0.301 e. The number of ketones is 1. The fourth-order valence-electron chi connectivity index (χ4n) is 4.40. The van der Waals surface area contributed by atoms with Crippen molar-refractivity contribution in [3.8, 4) is 11.5 Å². The minimum absolute atomic E-state index is 0.00713. The van der Waals surface area contributed by atoms with Gasteiger partial charge in [-0.1, -0.05) is 41.7 Å². The van der Waals surface area contributed by atoms with Crippen molar-refractivity contribution >= 4 is 44.1 Å². The van der Waals surface area contributed by atoms with Crippen molar-refractivity contribution in [2.24, 2.45) is 0 Å². The van der Waals surface area contributed by atoms with Crippen molar-refractivity contribution < 1.29 is 24.2 Å². The number of carbonyl (C=O) groups excluding carboxylic acids is 2. The van der Waals surface area contributed by atoms with Gasteiger partial charge in [0.05, 0.1) is 35.0 Å². The Kier molecular flexibility index (Phi) is 6.43. The zero-order chi connectivity index (χ0) is 26.3. The van der Waals surface area contributed by atoms with E-state index in [1.807, 2.05) is 39.0 Å². The monoisotopic (exact) mass is 514 g/mol. The molecule has 1 aromatic heterocycles. The number of thiazole rings is 1.